The molecular weight excluding hydrogens is 1080 g/mol. The minimum Gasteiger partial charge on any atom is -0.478 e. The van der Waals surface area contributed by atoms with Gasteiger partial charge in [0, 0.05) is 22.2 Å². The van der Waals surface area contributed by atoms with Crippen LogP contribution in [0.15, 0.2) is 97.1 Å². The second kappa shape index (κ2) is 39.0. The Kier molecular flexibility index (Phi) is 31.1. The van der Waals surface area contributed by atoms with Crippen molar-refractivity contribution in [3.05, 3.63) is 130 Å². The van der Waals surface area contributed by atoms with Gasteiger partial charge in [-0.2, -0.15) is 0 Å². The van der Waals surface area contributed by atoms with Gasteiger partial charge in [0.2, 0.25) is 0 Å². The Morgan fingerprint density at radius 3 is 0.795 bits per heavy atom. The van der Waals surface area contributed by atoms with Gasteiger partial charge in [0.05, 0.1) is 22.5 Å². The second-order valence-electron chi connectivity index (χ2n) is 27.3. The molecule has 0 bridgehead atoms. The highest BCUT2D eigenvalue weighted by atomic mass is 16.4. The number of nitrogens with one attached hydrogen (secondary N) is 2. The molecule has 6 nitrogen and oxygen atoms in total. The molecule has 0 radical (unpaired) electrons. The summed E-state index contributed by atoms with van der Waals surface area (Å²) in [6.07, 6.45) is 56.3. The van der Waals surface area contributed by atoms with Gasteiger partial charge in [-0.05, 0) is 107 Å². The molecule has 0 heterocycles. The summed E-state index contributed by atoms with van der Waals surface area (Å²) in [4.78, 5) is 27.0. The average molecular weight is 1200 g/mol. The Bertz CT molecular complexity index is 2590. The maximum atomic E-state index is 13.5. The predicted molar refractivity (Wildman–Crippen MR) is 378 cm³/mol. The lowest BCUT2D eigenvalue weighted by Crippen LogP contribution is -2.25. The largest absolute Gasteiger partial charge is 0.478 e. The molecule has 7 rings (SSSR count). The van der Waals surface area contributed by atoms with E-state index in [1.807, 2.05) is 0 Å². The van der Waals surface area contributed by atoms with Crippen LogP contribution in [0.4, 0.5) is 22.7 Å². The molecule has 0 spiro atoms. The molecule has 0 fully saturated rings. The van der Waals surface area contributed by atoms with Crippen LogP contribution in [0.2, 0.25) is 0 Å². The first-order chi connectivity index (χ1) is 43.2. The molecule has 0 saturated heterocycles. The van der Waals surface area contributed by atoms with Gasteiger partial charge in [0.25, 0.3) is 0 Å². The van der Waals surface area contributed by atoms with Crippen molar-refractivity contribution in [2.24, 2.45) is 0 Å². The lowest BCUT2D eigenvalue weighted by atomic mass is 9.70. The third kappa shape index (κ3) is 20.3. The number of carbonyl (C=O) groups is 2. The molecule has 0 saturated carbocycles. The van der Waals surface area contributed by atoms with Crippen LogP contribution in [0.1, 0.15) is 353 Å². The zero-order chi connectivity index (χ0) is 62.1. The number of carboxylic acid groups (broad SMARTS) is 2. The van der Waals surface area contributed by atoms with Gasteiger partial charge in [-0.25, -0.2) is 9.59 Å². The zero-order valence-corrected chi connectivity index (χ0v) is 56.1. The molecule has 5 aromatic rings. The Morgan fingerprint density at radius 2 is 0.534 bits per heavy atom. The lowest BCUT2D eigenvalue weighted by Gasteiger charge is -2.33. The van der Waals surface area contributed by atoms with Crippen molar-refractivity contribution < 1.29 is 19.8 Å². The van der Waals surface area contributed by atoms with Gasteiger partial charge in [-0.15, -0.1) is 0 Å². The van der Waals surface area contributed by atoms with Crippen molar-refractivity contribution in [3.8, 4) is 22.3 Å². The Labute approximate surface area is 536 Å². The quantitative estimate of drug-likeness (QED) is 0.0290. The van der Waals surface area contributed by atoms with Crippen LogP contribution in [0.3, 0.4) is 0 Å². The fraction of sp³-hybridized carbons (Fsp3) is 0.610. The number of hydrogen-bond acceptors (Lipinski definition) is 4. The number of fused-ring (bicyclic) bond motifs is 6. The van der Waals surface area contributed by atoms with Crippen LogP contribution < -0.4 is 10.6 Å². The van der Waals surface area contributed by atoms with E-state index in [2.05, 4.69) is 123 Å². The Hall–Kier alpha value is -5.36. The van der Waals surface area contributed by atoms with E-state index >= 15 is 0 Å². The summed E-state index contributed by atoms with van der Waals surface area (Å²) in [5.41, 5.74) is 12.5. The standard InChI is InChI=1S/C82H120N2O4/c1-5-9-13-17-21-25-29-33-37-45-57-81(58-46-38-34-30-26-22-18-14-10-6-2)73-51-43-41-49-67(73)69-55-53-65(61-75(69)81)83-77-63-72(80(87)88)78(64-71(77)79(85)86)84-66-54-56-70-68-50-42-44-52-74(68)82(76(70)62-66,59-47-39-35-31-27-23-19-15-11-7-3)60-48-40-36-32-28-24-20-16-12-8-4/h41-44,49-56,61-64,83-84H,5-40,45-48,57-60H2,1-4H3,(H,85,86)(H,87,88). The number of hydrogen-bond donors (Lipinski definition) is 4. The third-order valence-corrected chi connectivity index (χ3v) is 20.5. The maximum absolute atomic E-state index is 13.5. The lowest BCUT2D eigenvalue weighted by molar-refractivity contribution is 0.0683. The first-order valence-electron chi connectivity index (χ1n) is 36.9. The molecule has 5 aromatic carbocycles. The summed E-state index contributed by atoms with van der Waals surface area (Å²) >= 11 is 0. The van der Waals surface area contributed by atoms with Crippen LogP contribution in [0.25, 0.3) is 22.3 Å². The number of carboxylic acids is 2. The molecule has 482 valence electrons. The predicted octanol–water partition coefficient (Wildman–Crippen LogP) is 26.3. The van der Waals surface area contributed by atoms with Crippen molar-refractivity contribution in [2.45, 2.75) is 321 Å². The van der Waals surface area contributed by atoms with E-state index in [1.165, 1.54) is 276 Å². The minimum atomic E-state index is -1.11. The highest BCUT2D eigenvalue weighted by molar-refractivity contribution is 6.03. The van der Waals surface area contributed by atoms with Crippen LogP contribution in [-0.4, -0.2) is 22.2 Å². The zero-order valence-electron chi connectivity index (χ0n) is 56.1. The molecule has 0 aromatic heterocycles. The first kappa shape index (κ1) is 70.1. The van der Waals surface area contributed by atoms with Gasteiger partial charge in [-0.3, -0.25) is 0 Å². The van der Waals surface area contributed by atoms with E-state index in [-0.39, 0.29) is 33.3 Å². The van der Waals surface area contributed by atoms with Crippen molar-refractivity contribution in [2.75, 3.05) is 10.6 Å². The fourth-order valence-corrected chi connectivity index (χ4v) is 15.5. The first-order valence-corrected chi connectivity index (χ1v) is 36.9. The van der Waals surface area contributed by atoms with Gasteiger partial charge in [0.15, 0.2) is 0 Å². The van der Waals surface area contributed by atoms with E-state index in [0.29, 0.717) is 0 Å². The van der Waals surface area contributed by atoms with Crippen LogP contribution in [-0.2, 0) is 10.8 Å². The molecule has 6 heteroatoms. The number of anilines is 4. The minimum absolute atomic E-state index is 0.0307. The van der Waals surface area contributed by atoms with Crippen molar-refractivity contribution in [1.82, 2.24) is 0 Å². The van der Waals surface area contributed by atoms with Crippen molar-refractivity contribution in [3.63, 3.8) is 0 Å². The van der Waals surface area contributed by atoms with E-state index in [1.54, 1.807) is 12.1 Å². The summed E-state index contributed by atoms with van der Waals surface area (Å²) in [5, 5.41) is 29.1. The monoisotopic (exact) mass is 1200 g/mol. The summed E-state index contributed by atoms with van der Waals surface area (Å²) in [5.74, 6) is -2.22. The van der Waals surface area contributed by atoms with E-state index in [9.17, 15) is 19.8 Å². The molecule has 0 atom stereocenters. The Balaban J connectivity index is 1.13. The molecule has 2 aliphatic rings. The van der Waals surface area contributed by atoms with Crippen molar-refractivity contribution in [1.29, 1.82) is 0 Å². The summed E-state index contributed by atoms with van der Waals surface area (Å²) in [6.45, 7) is 9.16. The van der Waals surface area contributed by atoms with E-state index < -0.39 is 11.9 Å². The maximum Gasteiger partial charge on any atom is 0.337 e. The Morgan fingerprint density at radius 1 is 0.295 bits per heavy atom. The van der Waals surface area contributed by atoms with Gasteiger partial charge >= 0.3 is 11.9 Å². The number of rotatable bonds is 50. The van der Waals surface area contributed by atoms with Gasteiger partial charge in [-0.1, -0.05) is 345 Å². The van der Waals surface area contributed by atoms with Gasteiger partial charge in [0.1, 0.15) is 0 Å². The molecule has 0 aliphatic heterocycles. The van der Waals surface area contributed by atoms with E-state index in [4.69, 9.17) is 0 Å². The van der Waals surface area contributed by atoms with Crippen LogP contribution in [0.5, 0.6) is 0 Å². The number of unbranched alkanes of at least 4 members (excludes halogenated alkanes) is 36. The van der Waals surface area contributed by atoms with Gasteiger partial charge < -0.3 is 20.8 Å². The normalized spacial score (nSPS) is 13.3. The molecule has 2 aliphatic carbocycles. The highest BCUT2D eigenvalue weighted by Crippen LogP contribution is 2.57. The van der Waals surface area contributed by atoms with Crippen LogP contribution in [0, 0.1) is 0 Å². The summed E-state index contributed by atoms with van der Waals surface area (Å²) in [6, 6.07) is 34.3. The number of benzene rings is 5. The summed E-state index contributed by atoms with van der Waals surface area (Å²) < 4.78 is 0. The molecule has 4 N–H and O–H groups in total. The highest BCUT2D eigenvalue weighted by Gasteiger charge is 2.44. The van der Waals surface area contributed by atoms with Crippen molar-refractivity contribution >= 4 is 34.7 Å². The molecule has 0 unspecified atom stereocenters. The third-order valence-electron chi connectivity index (χ3n) is 20.5. The van der Waals surface area contributed by atoms with Crippen LogP contribution >= 0.6 is 0 Å². The molecule has 0 amide bonds. The second-order valence-corrected chi connectivity index (χ2v) is 27.3. The average Bonchev–Trinajstić information content (AvgIpc) is 1.98. The molecule has 88 heavy (non-hydrogen) atoms. The SMILES string of the molecule is CCCCCCCCCCCCC1(CCCCCCCCCCCC)c2ccccc2-c2ccc(Nc3cc(C(=O)O)c(Nc4ccc5c(c4)C(CCCCCCCCCCCC)(CCCCCCCCCCCC)c4ccccc4-5)cc3C(=O)O)cc21. The van der Waals surface area contributed by atoms with E-state index in [0.717, 1.165) is 62.7 Å². The topological polar surface area (TPSA) is 98.7 Å². The fourth-order valence-electron chi connectivity index (χ4n) is 15.5. The smallest absolute Gasteiger partial charge is 0.337 e. The molecular formula is C82H120N2O4. The number of aromatic carboxylic acids is 2. The summed E-state index contributed by atoms with van der Waals surface area (Å²) in [7, 11) is 0.